The van der Waals surface area contributed by atoms with Gasteiger partial charge in [-0.1, -0.05) is 11.8 Å². The summed E-state index contributed by atoms with van der Waals surface area (Å²) in [6, 6.07) is 11.3. The molecular weight excluding hydrogens is 341 g/mol. The summed E-state index contributed by atoms with van der Waals surface area (Å²) < 4.78 is 18.4. The Labute approximate surface area is 149 Å². The summed E-state index contributed by atoms with van der Waals surface area (Å²) in [4.78, 5) is 19.9. The largest absolute Gasteiger partial charge is 0.494 e. The number of benzene rings is 2. The van der Waals surface area contributed by atoms with Crippen molar-refractivity contribution in [3.05, 3.63) is 48.3 Å². The number of hydrogen-bond donors (Lipinski definition) is 2. The molecule has 2 N–H and O–H groups in total. The van der Waals surface area contributed by atoms with Crippen molar-refractivity contribution in [2.24, 2.45) is 0 Å². The molecule has 0 saturated carbocycles. The van der Waals surface area contributed by atoms with E-state index in [0.717, 1.165) is 16.8 Å². The summed E-state index contributed by atoms with van der Waals surface area (Å²) in [5.41, 5.74) is 2.24. The third-order valence-electron chi connectivity index (χ3n) is 3.51. The molecule has 1 atom stereocenters. The summed E-state index contributed by atoms with van der Waals surface area (Å²) >= 11 is 1.33. The van der Waals surface area contributed by atoms with E-state index in [1.54, 1.807) is 6.92 Å². The molecule has 3 rings (SSSR count). The number of rotatable bonds is 6. The molecule has 0 bridgehead atoms. The minimum Gasteiger partial charge on any atom is -0.494 e. The second kappa shape index (κ2) is 7.57. The van der Waals surface area contributed by atoms with Crippen LogP contribution in [0.25, 0.3) is 11.0 Å². The Kier molecular flexibility index (Phi) is 5.23. The lowest BCUT2D eigenvalue weighted by Gasteiger charge is -2.10. The third kappa shape index (κ3) is 4.30. The van der Waals surface area contributed by atoms with Gasteiger partial charge in [0.1, 0.15) is 11.6 Å². The topological polar surface area (TPSA) is 67.0 Å². The first-order valence-electron chi connectivity index (χ1n) is 7.91. The number of anilines is 1. The number of ether oxygens (including phenoxy) is 1. The molecule has 7 heteroatoms. The number of aromatic amines is 1. The minimum absolute atomic E-state index is 0.174. The molecular formula is C18H18FN3O2S. The number of aromatic nitrogens is 2. The molecule has 0 aliphatic carbocycles. The van der Waals surface area contributed by atoms with E-state index >= 15 is 0 Å². The van der Waals surface area contributed by atoms with Crippen molar-refractivity contribution >= 4 is 34.4 Å². The number of thioether (sulfide) groups is 1. The fraction of sp³-hybridized carbons (Fsp3) is 0.222. The smallest absolute Gasteiger partial charge is 0.237 e. The van der Waals surface area contributed by atoms with Gasteiger partial charge in [0.25, 0.3) is 0 Å². The quantitative estimate of drug-likeness (QED) is 0.647. The predicted molar refractivity (Wildman–Crippen MR) is 97.6 cm³/mol. The van der Waals surface area contributed by atoms with Crippen molar-refractivity contribution in [2.45, 2.75) is 24.3 Å². The highest BCUT2D eigenvalue weighted by Crippen LogP contribution is 2.26. The van der Waals surface area contributed by atoms with Gasteiger partial charge in [0.05, 0.1) is 22.9 Å². The van der Waals surface area contributed by atoms with Gasteiger partial charge in [0, 0.05) is 11.8 Å². The molecule has 0 spiro atoms. The van der Waals surface area contributed by atoms with Crippen LogP contribution in [0.4, 0.5) is 10.1 Å². The van der Waals surface area contributed by atoms with Crippen molar-refractivity contribution in [2.75, 3.05) is 11.9 Å². The van der Waals surface area contributed by atoms with Crippen molar-refractivity contribution in [3.8, 4) is 5.75 Å². The average molecular weight is 359 g/mol. The monoisotopic (exact) mass is 359 g/mol. The van der Waals surface area contributed by atoms with Gasteiger partial charge in [-0.05, 0) is 50.2 Å². The van der Waals surface area contributed by atoms with Crippen LogP contribution in [0.2, 0.25) is 0 Å². The van der Waals surface area contributed by atoms with Crippen LogP contribution in [0.15, 0.2) is 47.6 Å². The van der Waals surface area contributed by atoms with Crippen molar-refractivity contribution in [1.29, 1.82) is 0 Å². The zero-order valence-electron chi connectivity index (χ0n) is 13.9. The van der Waals surface area contributed by atoms with Crippen molar-refractivity contribution in [3.63, 3.8) is 0 Å². The van der Waals surface area contributed by atoms with Crippen LogP contribution < -0.4 is 10.1 Å². The van der Waals surface area contributed by atoms with Gasteiger partial charge in [-0.25, -0.2) is 9.37 Å². The zero-order chi connectivity index (χ0) is 17.8. The molecule has 1 aromatic heterocycles. The molecule has 2 aromatic carbocycles. The number of nitrogens with one attached hydrogen (secondary N) is 2. The number of halogens is 1. The lowest BCUT2D eigenvalue weighted by Crippen LogP contribution is -2.22. The standard InChI is InChI=1S/C18H18FN3O2S/c1-3-24-14-8-9-15-16(10-14)22-18(21-15)25-11(2)17(23)20-13-6-4-12(19)5-7-13/h4-11H,3H2,1-2H3,(H,20,23)(H,21,22)/t11-/m0/s1. The van der Waals surface area contributed by atoms with E-state index in [1.165, 1.54) is 36.0 Å². The van der Waals surface area contributed by atoms with E-state index in [4.69, 9.17) is 4.74 Å². The Hall–Kier alpha value is -2.54. The molecule has 0 aliphatic heterocycles. The molecule has 25 heavy (non-hydrogen) atoms. The maximum Gasteiger partial charge on any atom is 0.237 e. The number of fused-ring (bicyclic) bond motifs is 1. The van der Waals surface area contributed by atoms with E-state index in [2.05, 4.69) is 15.3 Å². The summed E-state index contributed by atoms with van der Waals surface area (Å²) in [5.74, 6) is 0.262. The SMILES string of the molecule is CCOc1ccc2nc(S[C@@H](C)C(=O)Nc3ccc(F)cc3)[nH]c2c1. The minimum atomic E-state index is -0.364. The van der Waals surface area contributed by atoms with Gasteiger partial charge in [0.15, 0.2) is 5.16 Å². The van der Waals surface area contributed by atoms with Crippen molar-refractivity contribution in [1.82, 2.24) is 9.97 Å². The first kappa shape index (κ1) is 17.3. The Balaban J connectivity index is 1.67. The summed E-state index contributed by atoms with van der Waals surface area (Å²) in [5, 5.41) is 3.05. The number of H-pyrrole nitrogens is 1. The van der Waals surface area contributed by atoms with E-state index in [-0.39, 0.29) is 17.0 Å². The van der Waals surface area contributed by atoms with E-state index < -0.39 is 0 Å². The van der Waals surface area contributed by atoms with Crippen LogP contribution in [0.3, 0.4) is 0 Å². The maximum absolute atomic E-state index is 12.9. The van der Waals surface area contributed by atoms with Gasteiger partial charge >= 0.3 is 0 Å². The second-order valence-electron chi connectivity index (χ2n) is 5.41. The van der Waals surface area contributed by atoms with Crippen LogP contribution >= 0.6 is 11.8 Å². The highest BCUT2D eigenvalue weighted by molar-refractivity contribution is 8.00. The van der Waals surface area contributed by atoms with E-state index in [0.29, 0.717) is 17.5 Å². The molecule has 0 fully saturated rings. The molecule has 0 unspecified atom stereocenters. The summed E-state index contributed by atoms with van der Waals surface area (Å²) in [7, 11) is 0. The molecule has 0 saturated heterocycles. The molecule has 1 amide bonds. The molecule has 5 nitrogen and oxygen atoms in total. The number of imidazole rings is 1. The Morgan fingerprint density at radius 3 is 2.80 bits per heavy atom. The molecule has 0 radical (unpaired) electrons. The fourth-order valence-corrected chi connectivity index (χ4v) is 3.10. The Morgan fingerprint density at radius 2 is 2.08 bits per heavy atom. The summed E-state index contributed by atoms with van der Waals surface area (Å²) in [6.07, 6.45) is 0. The second-order valence-corrected chi connectivity index (χ2v) is 6.74. The van der Waals surface area contributed by atoms with Crippen LogP contribution in [0.5, 0.6) is 5.75 Å². The van der Waals surface area contributed by atoms with Crippen LogP contribution in [-0.2, 0) is 4.79 Å². The molecule has 0 aliphatic rings. The number of amides is 1. The lowest BCUT2D eigenvalue weighted by atomic mass is 10.3. The maximum atomic E-state index is 12.9. The third-order valence-corrected chi connectivity index (χ3v) is 4.50. The normalized spacial score (nSPS) is 12.1. The Morgan fingerprint density at radius 1 is 1.32 bits per heavy atom. The van der Waals surface area contributed by atoms with Gasteiger partial charge in [0.2, 0.25) is 5.91 Å². The predicted octanol–water partition coefficient (Wildman–Crippen LogP) is 4.22. The van der Waals surface area contributed by atoms with Gasteiger partial charge in [-0.2, -0.15) is 0 Å². The molecule has 130 valence electrons. The highest BCUT2D eigenvalue weighted by Gasteiger charge is 2.17. The first-order valence-corrected chi connectivity index (χ1v) is 8.79. The highest BCUT2D eigenvalue weighted by atomic mass is 32.2. The van der Waals surface area contributed by atoms with Crippen LogP contribution in [0.1, 0.15) is 13.8 Å². The van der Waals surface area contributed by atoms with Crippen molar-refractivity contribution < 1.29 is 13.9 Å². The van der Waals surface area contributed by atoms with Crippen LogP contribution in [0, 0.1) is 5.82 Å². The van der Waals surface area contributed by atoms with Gasteiger partial charge in [-0.3, -0.25) is 4.79 Å². The van der Waals surface area contributed by atoms with Crippen LogP contribution in [-0.4, -0.2) is 27.7 Å². The van der Waals surface area contributed by atoms with Gasteiger partial charge < -0.3 is 15.0 Å². The number of hydrogen-bond acceptors (Lipinski definition) is 4. The number of nitrogens with zero attached hydrogens (tertiary/aromatic N) is 1. The van der Waals surface area contributed by atoms with Gasteiger partial charge in [-0.15, -0.1) is 0 Å². The van der Waals surface area contributed by atoms with E-state index in [1.807, 2.05) is 25.1 Å². The average Bonchev–Trinajstić information content (AvgIpc) is 2.98. The zero-order valence-corrected chi connectivity index (χ0v) is 14.7. The Bertz CT molecular complexity index is 880. The number of carbonyl (C=O) groups is 1. The molecule has 1 heterocycles. The first-order chi connectivity index (χ1) is 12.0. The van der Waals surface area contributed by atoms with E-state index in [9.17, 15) is 9.18 Å². The summed E-state index contributed by atoms with van der Waals surface area (Å²) in [6.45, 7) is 4.32. The number of carbonyl (C=O) groups excluding carboxylic acids is 1. The lowest BCUT2D eigenvalue weighted by molar-refractivity contribution is -0.115. The molecule has 3 aromatic rings. The fourth-order valence-electron chi connectivity index (χ4n) is 2.28.